The van der Waals surface area contributed by atoms with Crippen LogP contribution in [0, 0.1) is 3.57 Å². The Bertz CT molecular complexity index is 1260. The number of carbonyl (C=O) groups is 1. The Balaban J connectivity index is 2.06. The van der Waals surface area contributed by atoms with Crippen molar-refractivity contribution in [2.45, 2.75) is 33.3 Å². The number of carboxylic acid groups (broad SMARTS) is 1. The predicted octanol–water partition coefficient (Wildman–Crippen LogP) is 4.46. The van der Waals surface area contributed by atoms with E-state index in [1.54, 1.807) is 30.5 Å². The number of halogens is 2. The number of benzene rings is 2. The first-order valence-electron chi connectivity index (χ1n) is 9.86. The first kappa shape index (κ1) is 24.2. The monoisotopic (exact) mass is 613 g/mol. The fourth-order valence-electron chi connectivity index (χ4n) is 2.93. The Morgan fingerprint density at radius 2 is 2.09 bits per heavy atom. The van der Waals surface area contributed by atoms with Gasteiger partial charge in [0.1, 0.15) is 5.82 Å². The molecular formula is C22H21BrIN3O5. The summed E-state index contributed by atoms with van der Waals surface area (Å²) in [5, 5.41) is 14.0. The molecule has 1 heterocycles. The summed E-state index contributed by atoms with van der Waals surface area (Å²) < 4.78 is 14.0. The lowest BCUT2D eigenvalue weighted by Gasteiger charge is -2.17. The molecule has 3 rings (SSSR count). The molecule has 8 nitrogen and oxygen atoms in total. The number of aliphatic carboxylic acids is 1. The van der Waals surface area contributed by atoms with Crippen LogP contribution in [0.1, 0.15) is 32.2 Å². The molecule has 0 aliphatic heterocycles. The predicted molar refractivity (Wildman–Crippen MR) is 134 cm³/mol. The molecule has 0 amide bonds. The highest BCUT2D eigenvalue weighted by Gasteiger charge is 2.19. The molecule has 0 saturated heterocycles. The summed E-state index contributed by atoms with van der Waals surface area (Å²) in [6.07, 6.45) is 1.04. The third-order valence-electron chi connectivity index (χ3n) is 4.49. The van der Waals surface area contributed by atoms with Crippen molar-refractivity contribution in [2.24, 2.45) is 5.10 Å². The topological polar surface area (TPSA) is 103 Å². The zero-order valence-corrected chi connectivity index (χ0v) is 21.4. The van der Waals surface area contributed by atoms with Crippen molar-refractivity contribution in [1.29, 1.82) is 0 Å². The number of hydrogen-bond acceptors (Lipinski definition) is 6. The van der Waals surface area contributed by atoms with E-state index in [2.05, 4.69) is 48.6 Å². The maximum Gasteiger partial charge on any atom is 0.344 e. The van der Waals surface area contributed by atoms with E-state index in [0.29, 0.717) is 50.4 Å². The average molecular weight is 614 g/mol. The highest BCUT2D eigenvalue weighted by atomic mass is 127. The van der Waals surface area contributed by atoms with Gasteiger partial charge in [-0.05, 0) is 72.3 Å². The Morgan fingerprint density at radius 1 is 1.34 bits per heavy atom. The highest BCUT2D eigenvalue weighted by molar-refractivity contribution is 14.1. The Morgan fingerprint density at radius 3 is 2.75 bits per heavy atom. The second kappa shape index (κ2) is 10.4. The van der Waals surface area contributed by atoms with Crippen LogP contribution in [-0.2, 0) is 11.2 Å². The van der Waals surface area contributed by atoms with Crippen molar-refractivity contribution in [3.8, 4) is 11.5 Å². The Hall–Kier alpha value is -2.47. The van der Waals surface area contributed by atoms with Gasteiger partial charge in [-0.25, -0.2) is 9.78 Å². The molecule has 1 atom stereocenters. The smallest absolute Gasteiger partial charge is 0.344 e. The number of rotatable bonds is 8. The zero-order chi connectivity index (χ0) is 23.4. The Kier molecular flexibility index (Phi) is 7.88. The van der Waals surface area contributed by atoms with Gasteiger partial charge in [-0.3, -0.25) is 4.79 Å². The van der Waals surface area contributed by atoms with Crippen molar-refractivity contribution in [2.75, 3.05) is 6.61 Å². The Labute approximate surface area is 206 Å². The number of aryl methyl sites for hydroxylation is 1. The van der Waals surface area contributed by atoms with Crippen LogP contribution in [0.4, 0.5) is 0 Å². The van der Waals surface area contributed by atoms with Gasteiger partial charge in [0.15, 0.2) is 17.6 Å². The van der Waals surface area contributed by atoms with E-state index < -0.39 is 12.1 Å². The van der Waals surface area contributed by atoms with E-state index in [-0.39, 0.29) is 5.56 Å². The van der Waals surface area contributed by atoms with Crippen LogP contribution in [0.3, 0.4) is 0 Å². The van der Waals surface area contributed by atoms with Gasteiger partial charge in [-0.1, -0.05) is 22.9 Å². The van der Waals surface area contributed by atoms with E-state index in [4.69, 9.17) is 14.6 Å². The second-order valence-corrected chi connectivity index (χ2v) is 8.84. The van der Waals surface area contributed by atoms with Crippen LogP contribution in [0.5, 0.6) is 11.5 Å². The fraction of sp³-hybridized carbons (Fsp3) is 0.273. The number of nitrogens with zero attached hydrogens (tertiary/aromatic N) is 3. The van der Waals surface area contributed by atoms with Crippen molar-refractivity contribution in [1.82, 2.24) is 9.66 Å². The van der Waals surface area contributed by atoms with E-state index in [0.717, 1.165) is 4.47 Å². The molecule has 1 aromatic heterocycles. The van der Waals surface area contributed by atoms with Crippen LogP contribution < -0.4 is 15.0 Å². The largest absolute Gasteiger partial charge is 0.490 e. The molecule has 0 aliphatic carbocycles. The number of hydrogen-bond donors (Lipinski definition) is 1. The number of carboxylic acids is 1. The molecule has 0 bridgehead atoms. The van der Waals surface area contributed by atoms with Crippen LogP contribution in [-0.4, -0.2) is 39.7 Å². The molecule has 0 radical (unpaired) electrons. The summed E-state index contributed by atoms with van der Waals surface area (Å²) in [6.45, 7) is 5.55. The van der Waals surface area contributed by atoms with E-state index >= 15 is 0 Å². The summed E-state index contributed by atoms with van der Waals surface area (Å²) in [5.74, 6) is 0.215. The summed E-state index contributed by atoms with van der Waals surface area (Å²) >= 11 is 5.44. The maximum absolute atomic E-state index is 13.0. The summed E-state index contributed by atoms with van der Waals surface area (Å²) in [7, 11) is 0. The minimum atomic E-state index is -1.07. The SMILES string of the molecule is CCOc1cc(C=Nn2c(CC)nc3ccc(Br)cc3c2=O)cc(I)c1O[C@@H](C)C(=O)O. The van der Waals surface area contributed by atoms with E-state index in [9.17, 15) is 9.59 Å². The van der Waals surface area contributed by atoms with Gasteiger partial charge in [-0.15, -0.1) is 0 Å². The lowest BCUT2D eigenvalue weighted by molar-refractivity contribution is -0.144. The lowest BCUT2D eigenvalue weighted by atomic mass is 10.2. The normalized spacial score (nSPS) is 12.3. The lowest BCUT2D eigenvalue weighted by Crippen LogP contribution is -2.23. The third-order valence-corrected chi connectivity index (χ3v) is 5.78. The highest BCUT2D eigenvalue weighted by Crippen LogP contribution is 2.34. The van der Waals surface area contributed by atoms with E-state index in [1.807, 2.05) is 19.9 Å². The van der Waals surface area contributed by atoms with Gasteiger partial charge in [0.05, 0.1) is 27.3 Å². The minimum absolute atomic E-state index is 0.264. The molecule has 0 spiro atoms. The molecule has 32 heavy (non-hydrogen) atoms. The average Bonchev–Trinajstić information content (AvgIpc) is 2.75. The van der Waals surface area contributed by atoms with Gasteiger partial charge in [-0.2, -0.15) is 9.78 Å². The van der Waals surface area contributed by atoms with Crippen molar-refractivity contribution in [3.05, 3.63) is 60.1 Å². The maximum atomic E-state index is 13.0. The number of ether oxygens (including phenoxy) is 2. The number of aromatic nitrogens is 2. The second-order valence-electron chi connectivity index (χ2n) is 6.77. The number of fused-ring (bicyclic) bond motifs is 1. The standard InChI is InChI=1S/C22H21BrIN3O5/c1-4-19-26-17-7-6-14(23)10-15(17)21(28)27(19)25-11-13-8-16(24)20(18(9-13)31-5-2)32-12(3)22(29)30/h6-12H,4-5H2,1-3H3,(H,29,30)/t12-/m0/s1. The molecule has 1 N–H and O–H groups in total. The fourth-order valence-corrected chi connectivity index (χ4v) is 4.05. The summed E-state index contributed by atoms with van der Waals surface area (Å²) in [4.78, 5) is 28.8. The van der Waals surface area contributed by atoms with Gasteiger partial charge >= 0.3 is 5.97 Å². The van der Waals surface area contributed by atoms with Gasteiger partial charge in [0.2, 0.25) is 0 Å². The molecule has 0 fully saturated rings. The first-order chi connectivity index (χ1) is 15.2. The van der Waals surface area contributed by atoms with Crippen LogP contribution in [0.15, 0.2) is 44.7 Å². The third kappa shape index (κ3) is 5.29. The van der Waals surface area contributed by atoms with Crippen molar-refractivity contribution >= 4 is 61.6 Å². The molecule has 0 saturated carbocycles. The minimum Gasteiger partial charge on any atom is -0.490 e. The summed E-state index contributed by atoms with van der Waals surface area (Å²) in [6, 6.07) is 8.83. The summed E-state index contributed by atoms with van der Waals surface area (Å²) in [5.41, 5.74) is 1.01. The molecular weight excluding hydrogens is 593 g/mol. The molecule has 0 unspecified atom stereocenters. The van der Waals surface area contributed by atoms with Gasteiger partial charge in [0.25, 0.3) is 5.56 Å². The van der Waals surface area contributed by atoms with Crippen molar-refractivity contribution < 1.29 is 19.4 Å². The van der Waals surface area contributed by atoms with Crippen LogP contribution >= 0.6 is 38.5 Å². The molecule has 2 aromatic carbocycles. The molecule has 168 valence electrons. The van der Waals surface area contributed by atoms with Crippen LogP contribution in [0.2, 0.25) is 0 Å². The molecule has 3 aromatic rings. The van der Waals surface area contributed by atoms with E-state index in [1.165, 1.54) is 11.6 Å². The quantitative estimate of drug-likeness (QED) is 0.297. The van der Waals surface area contributed by atoms with Gasteiger partial charge < -0.3 is 14.6 Å². The molecule has 0 aliphatic rings. The molecule has 10 heteroatoms. The zero-order valence-electron chi connectivity index (χ0n) is 17.6. The first-order valence-corrected chi connectivity index (χ1v) is 11.7. The van der Waals surface area contributed by atoms with Gasteiger partial charge in [0, 0.05) is 10.9 Å². The van der Waals surface area contributed by atoms with Crippen molar-refractivity contribution in [3.63, 3.8) is 0 Å². The van der Waals surface area contributed by atoms with Crippen LogP contribution in [0.25, 0.3) is 10.9 Å².